The number of carboxylic acids is 1. The third-order valence-electron chi connectivity index (χ3n) is 2.88. The Hall–Kier alpha value is -1.50. The van der Waals surface area contributed by atoms with Crippen molar-refractivity contribution in [1.29, 1.82) is 0 Å². The molecule has 0 radical (unpaired) electrons. The summed E-state index contributed by atoms with van der Waals surface area (Å²) in [5.74, 6) is -1.33. The zero-order chi connectivity index (χ0) is 15.3. The van der Waals surface area contributed by atoms with Gasteiger partial charge < -0.3 is 14.4 Å². The molecular formula is C13H20N2O4S. The van der Waals surface area contributed by atoms with Gasteiger partial charge in [-0.1, -0.05) is 32.5 Å². The zero-order valence-corrected chi connectivity index (χ0v) is 12.9. The van der Waals surface area contributed by atoms with E-state index in [1.807, 2.05) is 20.8 Å². The molecule has 1 rings (SSSR count). The van der Waals surface area contributed by atoms with Crippen molar-refractivity contribution in [2.24, 2.45) is 5.92 Å². The highest BCUT2D eigenvalue weighted by Gasteiger charge is 2.29. The van der Waals surface area contributed by atoms with Gasteiger partial charge in [-0.3, -0.25) is 4.79 Å². The normalized spacial score (nSPS) is 12.4. The third-order valence-corrected chi connectivity index (χ3v) is 3.83. The maximum Gasteiger partial charge on any atom is 0.329 e. The van der Waals surface area contributed by atoms with E-state index in [0.717, 1.165) is 17.5 Å². The highest BCUT2D eigenvalue weighted by Crippen LogP contribution is 2.28. The number of hydrogen-bond donors (Lipinski definition) is 1. The fourth-order valence-electron chi connectivity index (χ4n) is 1.97. The quantitative estimate of drug-likeness (QED) is 0.612. The van der Waals surface area contributed by atoms with E-state index in [-0.39, 0.29) is 17.6 Å². The third kappa shape index (κ3) is 3.75. The number of hydrogen-bond acceptors (Lipinski definition) is 5. The smallest absolute Gasteiger partial charge is 0.329 e. The SMILES string of the molecule is CCc1cnc(SCC(=O)O)n1C(C(=O)OC)C(C)C. The summed E-state index contributed by atoms with van der Waals surface area (Å²) in [5.41, 5.74) is 0.891. The first-order chi connectivity index (χ1) is 9.42. The second-order valence-corrected chi connectivity index (χ2v) is 5.59. The molecule has 1 atom stereocenters. The van der Waals surface area contributed by atoms with E-state index in [1.165, 1.54) is 7.11 Å². The van der Waals surface area contributed by atoms with E-state index in [0.29, 0.717) is 11.6 Å². The van der Waals surface area contributed by atoms with Gasteiger partial charge in [0.05, 0.1) is 12.9 Å². The Bertz CT molecular complexity index is 485. The van der Waals surface area contributed by atoms with E-state index >= 15 is 0 Å². The number of ether oxygens (including phenoxy) is 1. The molecule has 112 valence electrons. The Balaban J connectivity index is 3.19. The topological polar surface area (TPSA) is 81.4 Å². The predicted octanol–water partition coefficient (Wildman–Crippen LogP) is 1.99. The van der Waals surface area contributed by atoms with Gasteiger partial charge in [-0.05, 0) is 12.3 Å². The van der Waals surface area contributed by atoms with Crippen LogP contribution in [0.3, 0.4) is 0 Å². The van der Waals surface area contributed by atoms with Crippen LogP contribution in [0.25, 0.3) is 0 Å². The van der Waals surface area contributed by atoms with Crippen molar-refractivity contribution < 1.29 is 19.4 Å². The van der Waals surface area contributed by atoms with Gasteiger partial charge in [0.15, 0.2) is 5.16 Å². The Labute approximate surface area is 122 Å². The molecule has 6 nitrogen and oxygen atoms in total. The van der Waals surface area contributed by atoms with E-state index in [1.54, 1.807) is 10.8 Å². The van der Waals surface area contributed by atoms with Crippen molar-refractivity contribution in [3.63, 3.8) is 0 Å². The van der Waals surface area contributed by atoms with E-state index in [4.69, 9.17) is 9.84 Å². The number of carboxylic acid groups (broad SMARTS) is 1. The van der Waals surface area contributed by atoms with Crippen LogP contribution >= 0.6 is 11.8 Å². The lowest BCUT2D eigenvalue weighted by Crippen LogP contribution is -2.27. The first-order valence-corrected chi connectivity index (χ1v) is 7.39. The number of carbonyl (C=O) groups is 2. The molecule has 0 fully saturated rings. The summed E-state index contributed by atoms with van der Waals surface area (Å²) in [6.45, 7) is 5.81. The molecule has 0 aliphatic heterocycles. The van der Waals surface area contributed by atoms with Crippen LogP contribution < -0.4 is 0 Å². The second kappa shape index (κ2) is 7.33. The van der Waals surface area contributed by atoms with Gasteiger partial charge in [0.1, 0.15) is 6.04 Å². The van der Waals surface area contributed by atoms with Crippen molar-refractivity contribution in [2.75, 3.05) is 12.9 Å². The molecule has 0 aliphatic carbocycles. The van der Waals surface area contributed by atoms with Crippen molar-refractivity contribution in [3.05, 3.63) is 11.9 Å². The van der Waals surface area contributed by atoms with Gasteiger partial charge in [-0.2, -0.15) is 0 Å². The number of rotatable bonds is 7. The molecule has 1 N–H and O–H groups in total. The van der Waals surface area contributed by atoms with Crippen molar-refractivity contribution in [2.45, 2.75) is 38.4 Å². The minimum atomic E-state index is -0.915. The minimum Gasteiger partial charge on any atom is -0.481 e. The maximum absolute atomic E-state index is 12.0. The molecule has 1 unspecified atom stereocenters. The first-order valence-electron chi connectivity index (χ1n) is 6.40. The minimum absolute atomic E-state index is 0.0196. The molecule has 0 saturated carbocycles. The van der Waals surface area contributed by atoms with Crippen LogP contribution in [0.4, 0.5) is 0 Å². The molecule has 0 aliphatic rings. The van der Waals surface area contributed by atoms with Crippen molar-refractivity contribution in [3.8, 4) is 0 Å². The summed E-state index contributed by atoms with van der Waals surface area (Å²) in [6, 6.07) is -0.492. The number of esters is 1. The van der Waals surface area contributed by atoms with Crippen LogP contribution in [0.2, 0.25) is 0 Å². The number of carbonyl (C=O) groups excluding carboxylic acids is 1. The first kappa shape index (κ1) is 16.6. The summed E-state index contributed by atoms with van der Waals surface area (Å²) in [5, 5.41) is 9.32. The fourth-order valence-corrected chi connectivity index (χ4v) is 2.72. The highest BCUT2D eigenvalue weighted by atomic mass is 32.2. The molecule has 7 heteroatoms. The molecule has 0 saturated heterocycles. The Morgan fingerprint density at radius 2 is 2.15 bits per heavy atom. The van der Waals surface area contributed by atoms with Gasteiger partial charge in [0.25, 0.3) is 0 Å². The monoisotopic (exact) mass is 300 g/mol. The van der Waals surface area contributed by atoms with Gasteiger partial charge in [-0.25, -0.2) is 9.78 Å². The van der Waals surface area contributed by atoms with Crippen LogP contribution in [0.1, 0.15) is 32.5 Å². The van der Waals surface area contributed by atoms with Crippen molar-refractivity contribution in [1.82, 2.24) is 9.55 Å². The Morgan fingerprint density at radius 1 is 1.50 bits per heavy atom. The van der Waals surface area contributed by atoms with E-state index in [9.17, 15) is 9.59 Å². The summed E-state index contributed by atoms with van der Waals surface area (Å²) in [6.07, 6.45) is 2.39. The second-order valence-electron chi connectivity index (χ2n) is 4.65. The van der Waals surface area contributed by atoms with Crippen LogP contribution in [-0.4, -0.2) is 39.5 Å². The molecule has 0 bridgehead atoms. The highest BCUT2D eigenvalue weighted by molar-refractivity contribution is 7.99. The lowest BCUT2D eigenvalue weighted by Gasteiger charge is -2.23. The fraction of sp³-hybridized carbons (Fsp3) is 0.615. The summed E-state index contributed by atoms with van der Waals surface area (Å²) in [7, 11) is 1.35. The molecule has 0 aromatic carbocycles. The Morgan fingerprint density at radius 3 is 2.60 bits per heavy atom. The van der Waals surface area contributed by atoms with E-state index in [2.05, 4.69) is 4.98 Å². The summed E-state index contributed by atoms with van der Waals surface area (Å²) >= 11 is 1.11. The molecular weight excluding hydrogens is 280 g/mol. The van der Waals surface area contributed by atoms with Crippen molar-refractivity contribution >= 4 is 23.7 Å². The van der Waals surface area contributed by atoms with Gasteiger partial charge in [0, 0.05) is 11.9 Å². The van der Waals surface area contributed by atoms with Crippen LogP contribution in [0.15, 0.2) is 11.4 Å². The van der Waals surface area contributed by atoms with Crippen LogP contribution in [-0.2, 0) is 20.7 Å². The van der Waals surface area contributed by atoms with Gasteiger partial charge in [0.2, 0.25) is 0 Å². The average molecular weight is 300 g/mol. The summed E-state index contributed by atoms with van der Waals surface area (Å²) < 4.78 is 6.66. The molecule has 1 heterocycles. The lowest BCUT2D eigenvalue weighted by atomic mass is 10.0. The number of thioether (sulfide) groups is 1. The summed E-state index contributed by atoms with van der Waals surface area (Å²) in [4.78, 5) is 27.0. The standard InChI is InChI=1S/C13H20N2O4S/c1-5-9-6-14-13(20-7-10(16)17)15(9)11(8(2)3)12(18)19-4/h6,8,11H,5,7H2,1-4H3,(H,16,17). The largest absolute Gasteiger partial charge is 0.481 e. The van der Waals surface area contributed by atoms with Crippen LogP contribution in [0.5, 0.6) is 0 Å². The average Bonchev–Trinajstić information content (AvgIpc) is 2.78. The number of aliphatic carboxylic acids is 1. The molecule has 1 aromatic rings. The zero-order valence-electron chi connectivity index (χ0n) is 12.1. The lowest BCUT2D eigenvalue weighted by molar-refractivity contribution is -0.146. The van der Waals surface area contributed by atoms with Gasteiger partial charge in [-0.15, -0.1) is 0 Å². The molecule has 20 heavy (non-hydrogen) atoms. The van der Waals surface area contributed by atoms with E-state index < -0.39 is 12.0 Å². The Kier molecular flexibility index (Phi) is 6.06. The predicted molar refractivity (Wildman–Crippen MR) is 75.9 cm³/mol. The van der Waals surface area contributed by atoms with Gasteiger partial charge >= 0.3 is 11.9 Å². The molecule has 0 amide bonds. The van der Waals surface area contributed by atoms with Crippen LogP contribution in [0, 0.1) is 5.92 Å². The number of imidazole rings is 1. The number of nitrogens with zero attached hydrogens (tertiary/aromatic N) is 2. The molecule has 1 aromatic heterocycles. The molecule has 0 spiro atoms. The maximum atomic E-state index is 12.0. The number of aromatic nitrogens is 2. The number of methoxy groups -OCH3 is 1. The number of aryl methyl sites for hydroxylation is 1.